The van der Waals surface area contributed by atoms with Crippen LogP contribution in [0, 0.1) is 13.8 Å². The summed E-state index contributed by atoms with van der Waals surface area (Å²) in [7, 11) is 0. The molecule has 1 fully saturated rings. The van der Waals surface area contributed by atoms with Crippen LogP contribution in [0.15, 0.2) is 72.8 Å². The molecular formula is C26H23N3O3S. The Kier molecular flexibility index (Phi) is 5.21. The van der Waals surface area contributed by atoms with Crippen molar-refractivity contribution < 1.29 is 14.4 Å². The highest BCUT2D eigenvalue weighted by Gasteiger charge is 2.61. The van der Waals surface area contributed by atoms with Gasteiger partial charge in [-0.1, -0.05) is 53.6 Å². The first-order valence-corrected chi connectivity index (χ1v) is 11.7. The van der Waals surface area contributed by atoms with E-state index in [2.05, 4.69) is 5.32 Å². The molecule has 3 aromatic rings. The molecule has 2 aliphatic rings. The molecule has 1 atom stereocenters. The Labute approximate surface area is 196 Å². The van der Waals surface area contributed by atoms with Crippen LogP contribution in [0.1, 0.15) is 16.7 Å². The molecule has 3 amide bonds. The fourth-order valence-electron chi connectivity index (χ4n) is 4.39. The summed E-state index contributed by atoms with van der Waals surface area (Å²) in [6.45, 7) is 3.82. The number of fused-ring (bicyclic) bond motifs is 2. The largest absolute Gasteiger partial charge is 0.325 e. The Morgan fingerprint density at radius 2 is 1.58 bits per heavy atom. The Bertz CT molecular complexity index is 1260. The number of carbonyl (C=O) groups excluding carboxylic acids is 3. The summed E-state index contributed by atoms with van der Waals surface area (Å²) >= 11 is 1.31. The number of nitrogens with zero attached hydrogens (tertiary/aromatic N) is 2. The van der Waals surface area contributed by atoms with Gasteiger partial charge in [0, 0.05) is 16.9 Å². The van der Waals surface area contributed by atoms with Gasteiger partial charge in [0.25, 0.3) is 5.91 Å². The predicted octanol–water partition coefficient (Wildman–Crippen LogP) is 4.22. The lowest BCUT2D eigenvalue weighted by atomic mass is 10.0. The lowest BCUT2D eigenvalue weighted by Gasteiger charge is -2.33. The molecule has 6 nitrogen and oxygen atoms in total. The molecule has 5 rings (SSSR count). The maximum atomic E-state index is 13.9. The smallest absolute Gasteiger partial charge is 0.269 e. The average Bonchev–Trinajstić information content (AvgIpc) is 3.27. The highest BCUT2D eigenvalue weighted by molar-refractivity contribution is 8.02. The Morgan fingerprint density at radius 1 is 0.939 bits per heavy atom. The molecule has 0 aromatic heterocycles. The number of amides is 3. The van der Waals surface area contributed by atoms with E-state index in [1.807, 2.05) is 86.6 Å². The van der Waals surface area contributed by atoms with Crippen molar-refractivity contribution in [3.05, 3.63) is 89.5 Å². The number of rotatable bonds is 4. The summed E-state index contributed by atoms with van der Waals surface area (Å²) in [5.41, 5.74) is 4.89. The van der Waals surface area contributed by atoms with Crippen molar-refractivity contribution in [2.24, 2.45) is 0 Å². The minimum atomic E-state index is -1.22. The van der Waals surface area contributed by atoms with Crippen molar-refractivity contribution in [2.75, 3.05) is 27.4 Å². The van der Waals surface area contributed by atoms with Crippen molar-refractivity contribution in [2.45, 2.75) is 18.7 Å². The van der Waals surface area contributed by atoms with Crippen molar-refractivity contribution >= 4 is 46.5 Å². The Hall–Kier alpha value is -3.58. The summed E-state index contributed by atoms with van der Waals surface area (Å²) in [5.74, 6) is -0.510. The highest BCUT2D eigenvalue weighted by atomic mass is 32.2. The van der Waals surface area contributed by atoms with Gasteiger partial charge in [0.1, 0.15) is 6.54 Å². The van der Waals surface area contributed by atoms with Gasteiger partial charge in [-0.2, -0.15) is 0 Å². The van der Waals surface area contributed by atoms with Crippen LogP contribution in [0.5, 0.6) is 0 Å². The number of benzene rings is 3. The van der Waals surface area contributed by atoms with Crippen molar-refractivity contribution in [1.82, 2.24) is 0 Å². The molecule has 33 heavy (non-hydrogen) atoms. The molecule has 2 aliphatic heterocycles. The fourth-order valence-corrected chi connectivity index (χ4v) is 5.75. The SMILES string of the molecule is Cc1ccc(NC(=O)CN2C(=O)[C@]3(SCC(=O)N3c3ccc(C)cc3)c3ccccc32)cc1. The summed E-state index contributed by atoms with van der Waals surface area (Å²) in [6.07, 6.45) is 0. The van der Waals surface area contributed by atoms with Crippen LogP contribution in [-0.4, -0.2) is 30.0 Å². The molecular weight excluding hydrogens is 434 g/mol. The van der Waals surface area contributed by atoms with Crippen LogP contribution in [0.2, 0.25) is 0 Å². The van der Waals surface area contributed by atoms with Gasteiger partial charge in [-0.15, -0.1) is 11.8 Å². The number of para-hydroxylation sites is 1. The molecule has 1 saturated heterocycles. The number of hydrogen-bond donors (Lipinski definition) is 1. The maximum Gasteiger partial charge on any atom is 0.269 e. The van der Waals surface area contributed by atoms with Crippen molar-refractivity contribution in [1.29, 1.82) is 0 Å². The molecule has 7 heteroatoms. The van der Waals surface area contributed by atoms with E-state index in [9.17, 15) is 14.4 Å². The third kappa shape index (κ3) is 3.49. The first kappa shape index (κ1) is 21.3. The second kappa shape index (κ2) is 8.08. The van der Waals surface area contributed by atoms with E-state index in [1.165, 1.54) is 16.7 Å². The zero-order valence-corrected chi connectivity index (χ0v) is 19.2. The number of hydrogen-bond acceptors (Lipinski definition) is 4. The van der Waals surface area contributed by atoms with Gasteiger partial charge in [0.05, 0.1) is 11.4 Å². The second-order valence-electron chi connectivity index (χ2n) is 8.32. The van der Waals surface area contributed by atoms with Gasteiger partial charge in [-0.25, -0.2) is 0 Å². The van der Waals surface area contributed by atoms with E-state index in [0.29, 0.717) is 17.1 Å². The summed E-state index contributed by atoms with van der Waals surface area (Å²) in [6, 6.07) is 22.5. The molecule has 0 unspecified atom stereocenters. The lowest BCUT2D eigenvalue weighted by Crippen LogP contribution is -2.50. The maximum absolute atomic E-state index is 13.9. The molecule has 0 radical (unpaired) electrons. The van der Waals surface area contributed by atoms with Crippen LogP contribution in [0.25, 0.3) is 0 Å². The van der Waals surface area contributed by atoms with Crippen LogP contribution >= 0.6 is 11.8 Å². The average molecular weight is 458 g/mol. The van der Waals surface area contributed by atoms with Crippen LogP contribution in [-0.2, 0) is 19.3 Å². The van der Waals surface area contributed by atoms with E-state index in [1.54, 1.807) is 4.90 Å². The first-order valence-electron chi connectivity index (χ1n) is 10.7. The molecule has 0 bridgehead atoms. The normalized spacial score (nSPS) is 19.3. The predicted molar refractivity (Wildman–Crippen MR) is 131 cm³/mol. The van der Waals surface area contributed by atoms with Crippen molar-refractivity contribution in [3.63, 3.8) is 0 Å². The number of carbonyl (C=O) groups is 3. The Morgan fingerprint density at radius 3 is 2.27 bits per heavy atom. The number of anilines is 3. The van der Waals surface area contributed by atoms with Gasteiger partial charge >= 0.3 is 0 Å². The lowest BCUT2D eigenvalue weighted by molar-refractivity contribution is -0.124. The summed E-state index contributed by atoms with van der Waals surface area (Å²) in [4.78, 5) is 41.7. The topological polar surface area (TPSA) is 69.7 Å². The molecule has 0 aliphatic carbocycles. The van der Waals surface area contributed by atoms with E-state index < -0.39 is 4.87 Å². The van der Waals surface area contributed by atoms with Gasteiger partial charge < -0.3 is 5.32 Å². The minimum Gasteiger partial charge on any atom is -0.325 e. The molecule has 1 spiro atoms. The molecule has 0 saturated carbocycles. The summed E-state index contributed by atoms with van der Waals surface area (Å²) < 4.78 is 0. The quantitative estimate of drug-likeness (QED) is 0.637. The molecule has 3 aromatic carbocycles. The third-order valence-electron chi connectivity index (χ3n) is 5.99. The van der Waals surface area contributed by atoms with E-state index in [-0.39, 0.29) is 30.0 Å². The monoisotopic (exact) mass is 457 g/mol. The third-order valence-corrected chi connectivity index (χ3v) is 7.38. The number of nitrogens with one attached hydrogen (secondary N) is 1. The number of thioether (sulfide) groups is 1. The second-order valence-corrected chi connectivity index (χ2v) is 9.49. The van der Waals surface area contributed by atoms with Gasteiger partial charge in [0.15, 0.2) is 0 Å². The molecule has 1 N–H and O–H groups in total. The van der Waals surface area contributed by atoms with Gasteiger partial charge in [-0.05, 0) is 44.2 Å². The first-order chi connectivity index (χ1) is 15.9. The van der Waals surface area contributed by atoms with Crippen LogP contribution < -0.4 is 15.1 Å². The highest BCUT2D eigenvalue weighted by Crippen LogP contribution is 2.55. The van der Waals surface area contributed by atoms with E-state index >= 15 is 0 Å². The zero-order chi connectivity index (χ0) is 23.2. The van der Waals surface area contributed by atoms with E-state index in [4.69, 9.17) is 0 Å². The van der Waals surface area contributed by atoms with E-state index in [0.717, 1.165) is 16.7 Å². The van der Waals surface area contributed by atoms with Crippen LogP contribution in [0.3, 0.4) is 0 Å². The fraction of sp³-hybridized carbons (Fsp3) is 0.192. The Balaban J connectivity index is 1.50. The standard InChI is InChI=1S/C26H23N3O3S/c1-17-7-11-19(12-8-17)27-23(30)15-28-22-6-4-3-5-21(22)26(25(28)32)29(24(31)16-33-26)20-13-9-18(2)10-14-20/h3-14H,15-16H2,1-2H3,(H,27,30)/t26-/m1/s1. The minimum absolute atomic E-state index is 0.127. The zero-order valence-electron chi connectivity index (χ0n) is 18.4. The van der Waals surface area contributed by atoms with Gasteiger partial charge in [-0.3, -0.25) is 24.2 Å². The van der Waals surface area contributed by atoms with Gasteiger partial charge in [0.2, 0.25) is 16.7 Å². The number of aryl methyl sites for hydroxylation is 2. The summed E-state index contributed by atoms with van der Waals surface area (Å²) in [5, 5.41) is 2.86. The van der Waals surface area contributed by atoms with Crippen molar-refractivity contribution in [3.8, 4) is 0 Å². The van der Waals surface area contributed by atoms with Crippen LogP contribution in [0.4, 0.5) is 17.1 Å². The molecule has 166 valence electrons. The molecule has 2 heterocycles.